The summed E-state index contributed by atoms with van der Waals surface area (Å²) in [5.74, 6) is 2.59. The first-order chi connectivity index (χ1) is 8.72. The van der Waals surface area contributed by atoms with E-state index >= 15 is 0 Å². The number of fused-ring (bicyclic) bond motifs is 3. The first-order valence-corrected chi connectivity index (χ1v) is 7.62. The molecule has 18 heavy (non-hydrogen) atoms. The highest BCUT2D eigenvalue weighted by atomic mass is 79.9. The summed E-state index contributed by atoms with van der Waals surface area (Å²) in [6, 6.07) is 6.15. The lowest BCUT2D eigenvalue weighted by Gasteiger charge is -2.26. The van der Waals surface area contributed by atoms with Crippen LogP contribution >= 0.6 is 15.9 Å². The molecule has 2 fully saturated rings. The predicted molar refractivity (Wildman–Crippen MR) is 74.5 cm³/mol. The molecular formula is C15H16BrNO. The van der Waals surface area contributed by atoms with Gasteiger partial charge in [0.15, 0.2) is 0 Å². The molecule has 0 radical (unpaired) electrons. The van der Waals surface area contributed by atoms with Crippen LogP contribution in [0.3, 0.4) is 0 Å². The van der Waals surface area contributed by atoms with Crippen molar-refractivity contribution in [2.45, 2.75) is 31.6 Å². The molecule has 1 N–H and O–H groups in total. The second-order valence-corrected chi connectivity index (χ2v) is 6.95. The summed E-state index contributed by atoms with van der Waals surface area (Å²) in [5, 5.41) is 3.05. The van der Waals surface area contributed by atoms with Crippen molar-refractivity contribution in [3.8, 4) is 0 Å². The molecule has 2 aliphatic carbocycles. The van der Waals surface area contributed by atoms with Crippen LogP contribution in [0.1, 0.15) is 37.2 Å². The summed E-state index contributed by atoms with van der Waals surface area (Å²) >= 11 is 3.52. The van der Waals surface area contributed by atoms with Crippen LogP contribution in [-0.2, 0) is 4.79 Å². The van der Waals surface area contributed by atoms with E-state index in [4.69, 9.17) is 0 Å². The van der Waals surface area contributed by atoms with Crippen LogP contribution in [0.2, 0.25) is 0 Å². The second kappa shape index (κ2) is 3.83. The molecule has 1 aromatic carbocycles. The van der Waals surface area contributed by atoms with Gasteiger partial charge in [-0.25, -0.2) is 0 Å². The van der Waals surface area contributed by atoms with Crippen molar-refractivity contribution in [1.29, 1.82) is 0 Å². The lowest BCUT2D eigenvalue weighted by atomic mass is 9.77. The minimum Gasteiger partial charge on any atom is -0.325 e. The van der Waals surface area contributed by atoms with Crippen LogP contribution in [-0.4, -0.2) is 5.91 Å². The molecule has 4 rings (SSSR count). The number of carbonyl (C=O) groups is 1. The molecule has 2 saturated carbocycles. The van der Waals surface area contributed by atoms with Gasteiger partial charge in [0.2, 0.25) is 5.91 Å². The normalized spacial score (nSPS) is 36.8. The quantitative estimate of drug-likeness (QED) is 0.837. The standard InChI is InChI=1S/C15H16BrNO/c16-10-3-4-13-12(7-10)14(15(18)17-13)11-6-8-1-2-9(11)5-8/h3-4,7-9,11,14H,1-2,5-6H2,(H,17,18). The van der Waals surface area contributed by atoms with Crippen LogP contribution in [0.5, 0.6) is 0 Å². The molecular weight excluding hydrogens is 290 g/mol. The summed E-state index contributed by atoms with van der Waals surface area (Å²) in [6.07, 6.45) is 5.34. The Morgan fingerprint density at radius 3 is 2.83 bits per heavy atom. The third kappa shape index (κ3) is 1.49. The van der Waals surface area contributed by atoms with Crippen LogP contribution in [0, 0.1) is 17.8 Å². The Kier molecular flexibility index (Phi) is 2.35. The van der Waals surface area contributed by atoms with Crippen molar-refractivity contribution in [3.63, 3.8) is 0 Å². The lowest BCUT2D eigenvalue weighted by Crippen LogP contribution is -2.25. The minimum absolute atomic E-state index is 0.104. The van der Waals surface area contributed by atoms with E-state index in [1.807, 2.05) is 12.1 Å². The molecule has 4 unspecified atom stereocenters. The molecule has 2 bridgehead atoms. The van der Waals surface area contributed by atoms with Crippen molar-refractivity contribution in [2.75, 3.05) is 5.32 Å². The number of carbonyl (C=O) groups excluding carboxylic acids is 1. The van der Waals surface area contributed by atoms with E-state index < -0.39 is 0 Å². The number of hydrogen-bond donors (Lipinski definition) is 1. The van der Waals surface area contributed by atoms with E-state index in [0.29, 0.717) is 5.92 Å². The maximum Gasteiger partial charge on any atom is 0.232 e. The van der Waals surface area contributed by atoms with Gasteiger partial charge in [0.05, 0.1) is 5.92 Å². The second-order valence-electron chi connectivity index (χ2n) is 6.04. The van der Waals surface area contributed by atoms with Gasteiger partial charge in [0.25, 0.3) is 0 Å². The number of benzene rings is 1. The molecule has 1 heterocycles. The first-order valence-electron chi connectivity index (χ1n) is 6.82. The van der Waals surface area contributed by atoms with Crippen LogP contribution in [0.25, 0.3) is 0 Å². The highest BCUT2D eigenvalue weighted by Gasteiger charge is 2.48. The smallest absolute Gasteiger partial charge is 0.232 e. The molecule has 3 aliphatic rings. The number of amides is 1. The molecule has 4 atom stereocenters. The van der Waals surface area contributed by atoms with Crippen molar-refractivity contribution in [2.24, 2.45) is 17.8 Å². The van der Waals surface area contributed by atoms with Crippen LogP contribution in [0.15, 0.2) is 22.7 Å². The van der Waals surface area contributed by atoms with Gasteiger partial charge in [-0.2, -0.15) is 0 Å². The fourth-order valence-corrected chi connectivity index (χ4v) is 4.76. The molecule has 0 spiro atoms. The summed E-state index contributed by atoms with van der Waals surface area (Å²) in [4.78, 5) is 12.3. The Balaban J connectivity index is 1.73. The first kappa shape index (κ1) is 11.0. The molecule has 1 amide bonds. The SMILES string of the molecule is O=C1Nc2ccc(Br)cc2C1C1CC2CCC1C2. The van der Waals surface area contributed by atoms with Gasteiger partial charge in [-0.3, -0.25) is 4.79 Å². The van der Waals surface area contributed by atoms with Crippen molar-refractivity contribution < 1.29 is 4.79 Å². The third-order valence-electron chi connectivity index (χ3n) is 5.11. The number of anilines is 1. The number of halogens is 1. The van der Waals surface area contributed by atoms with E-state index in [0.717, 1.165) is 22.0 Å². The molecule has 2 nitrogen and oxygen atoms in total. The summed E-state index contributed by atoms with van der Waals surface area (Å²) in [6.45, 7) is 0. The van der Waals surface area contributed by atoms with Crippen molar-refractivity contribution >= 4 is 27.5 Å². The van der Waals surface area contributed by atoms with Gasteiger partial charge in [0.1, 0.15) is 0 Å². The molecule has 0 saturated heterocycles. The van der Waals surface area contributed by atoms with E-state index in [1.165, 1.54) is 31.2 Å². The number of hydrogen-bond acceptors (Lipinski definition) is 1. The summed E-state index contributed by atoms with van der Waals surface area (Å²) in [7, 11) is 0. The molecule has 1 aromatic rings. The van der Waals surface area contributed by atoms with E-state index in [2.05, 4.69) is 27.3 Å². The van der Waals surface area contributed by atoms with E-state index in [-0.39, 0.29) is 11.8 Å². The fraction of sp³-hybridized carbons (Fsp3) is 0.533. The zero-order valence-corrected chi connectivity index (χ0v) is 11.7. The lowest BCUT2D eigenvalue weighted by molar-refractivity contribution is -0.118. The molecule has 94 valence electrons. The zero-order chi connectivity index (χ0) is 12.3. The fourth-order valence-electron chi connectivity index (χ4n) is 4.38. The zero-order valence-electron chi connectivity index (χ0n) is 10.2. The topological polar surface area (TPSA) is 29.1 Å². The average Bonchev–Trinajstić information content (AvgIpc) is 3.01. The molecule has 3 heteroatoms. The van der Waals surface area contributed by atoms with Gasteiger partial charge < -0.3 is 5.32 Å². The Labute approximate surface area is 115 Å². The van der Waals surface area contributed by atoms with Crippen molar-refractivity contribution in [1.82, 2.24) is 0 Å². The minimum atomic E-state index is 0.104. The monoisotopic (exact) mass is 305 g/mol. The highest BCUT2D eigenvalue weighted by Crippen LogP contribution is 2.55. The Hall–Kier alpha value is -0.830. The Morgan fingerprint density at radius 2 is 2.11 bits per heavy atom. The van der Waals surface area contributed by atoms with Gasteiger partial charge in [0, 0.05) is 10.2 Å². The molecule has 0 aromatic heterocycles. The van der Waals surface area contributed by atoms with Crippen LogP contribution < -0.4 is 5.32 Å². The third-order valence-corrected chi connectivity index (χ3v) is 5.60. The maximum absolute atomic E-state index is 12.3. The highest BCUT2D eigenvalue weighted by molar-refractivity contribution is 9.10. The van der Waals surface area contributed by atoms with E-state index in [1.54, 1.807) is 0 Å². The van der Waals surface area contributed by atoms with Crippen LogP contribution in [0.4, 0.5) is 5.69 Å². The average molecular weight is 306 g/mol. The van der Waals surface area contributed by atoms with Gasteiger partial charge in [-0.15, -0.1) is 0 Å². The van der Waals surface area contributed by atoms with Gasteiger partial charge in [-0.1, -0.05) is 22.4 Å². The predicted octanol–water partition coefficient (Wildman–Crippen LogP) is 3.92. The number of rotatable bonds is 1. The summed E-state index contributed by atoms with van der Waals surface area (Å²) < 4.78 is 1.07. The van der Waals surface area contributed by atoms with E-state index in [9.17, 15) is 4.79 Å². The maximum atomic E-state index is 12.3. The summed E-state index contributed by atoms with van der Waals surface area (Å²) in [5.41, 5.74) is 2.24. The number of nitrogens with one attached hydrogen (secondary N) is 1. The van der Waals surface area contributed by atoms with Gasteiger partial charge >= 0.3 is 0 Å². The Morgan fingerprint density at radius 1 is 1.22 bits per heavy atom. The van der Waals surface area contributed by atoms with Gasteiger partial charge in [-0.05, 0) is 60.8 Å². The molecule has 1 aliphatic heterocycles. The largest absolute Gasteiger partial charge is 0.325 e. The van der Waals surface area contributed by atoms with Crippen molar-refractivity contribution in [3.05, 3.63) is 28.2 Å². The Bertz CT molecular complexity index is 527.